The molecule has 0 aliphatic heterocycles. The predicted molar refractivity (Wildman–Crippen MR) is 60.2 cm³/mol. The molecule has 1 atom stereocenters. The van der Waals surface area contributed by atoms with Crippen LogP contribution in [0.5, 0.6) is 0 Å². The molecule has 0 spiro atoms. The van der Waals surface area contributed by atoms with Crippen LogP contribution in [0.25, 0.3) is 0 Å². The molecule has 98 valence electrons. The Morgan fingerprint density at radius 2 is 2.06 bits per heavy atom. The first-order chi connectivity index (χ1) is 8.24. The van der Waals surface area contributed by atoms with Gasteiger partial charge in [0.1, 0.15) is 17.3 Å². The predicted octanol–water partition coefficient (Wildman–Crippen LogP) is 1.56. The number of carbonyl (C=O) groups is 1. The van der Waals surface area contributed by atoms with Crippen LogP contribution in [0.1, 0.15) is 12.0 Å². The van der Waals surface area contributed by atoms with Gasteiger partial charge in [0.05, 0.1) is 5.56 Å². The normalized spacial score (nSPS) is 24.7. The van der Waals surface area contributed by atoms with Crippen LogP contribution in [-0.2, 0) is 10.2 Å². The Balaban J connectivity index is 2.68. The molecule has 18 heavy (non-hydrogen) atoms. The van der Waals surface area contributed by atoms with Crippen LogP contribution in [0.3, 0.4) is 0 Å². The summed E-state index contributed by atoms with van der Waals surface area (Å²) in [7, 11) is 3.14. The molecule has 1 aliphatic carbocycles. The maximum atomic E-state index is 13.5. The molecule has 0 bridgehead atoms. The first-order valence-electron chi connectivity index (χ1n) is 5.03. The summed E-state index contributed by atoms with van der Waals surface area (Å²) < 4.78 is 27.0. The summed E-state index contributed by atoms with van der Waals surface area (Å²) in [6.45, 7) is 0. The average molecular weight is 278 g/mol. The van der Waals surface area contributed by atoms with Gasteiger partial charge in [-0.25, -0.2) is 18.7 Å². The van der Waals surface area contributed by atoms with E-state index in [9.17, 15) is 13.6 Å². The van der Waals surface area contributed by atoms with E-state index in [1.165, 1.54) is 4.90 Å². The minimum Gasteiger partial charge on any atom is -0.480 e. The second-order valence-corrected chi connectivity index (χ2v) is 4.71. The molecule has 1 aliphatic rings. The molecular formula is C10H10ClF2N3O2. The van der Waals surface area contributed by atoms with Gasteiger partial charge in [-0.15, -0.1) is 0 Å². The summed E-state index contributed by atoms with van der Waals surface area (Å²) in [6.07, 6.45) is 0.320. The number of hydrogen-bond acceptors (Lipinski definition) is 4. The second-order valence-electron chi connectivity index (χ2n) is 4.35. The Hall–Kier alpha value is -1.50. The summed E-state index contributed by atoms with van der Waals surface area (Å²) in [5, 5.41) is 8.85. The van der Waals surface area contributed by atoms with Crippen molar-refractivity contribution in [2.24, 2.45) is 0 Å². The van der Waals surface area contributed by atoms with Crippen molar-refractivity contribution >= 4 is 23.4 Å². The molecule has 0 aromatic carbocycles. The number of aliphatic carboxylic acids is 1. The van der Waals surface area contributed by atoms with Crippen molar-refractivity contribution in [3.63, 3.8) is 0 Å². The number of hydrogen-bond donors (Lipinski definition) is 1. The zero-order chi connectivity index (χ0) is 13.7. The van der Waals surface area contributed by atoms with Crippen LogP contribution in [0, 0.1) is 0 Å². The maximum Gasteiger partial charge on any atom is 0.320 e. The monoisotopic (exact) mass is 277 g/mol. The van der Waals surface area contributed by atoms with E-state index in [0.29, 0.717) is 0 Å². The number of aromatic nitrogens is 2. The van der Waals surface area contributed by atoms with Crippen molar-refractivity contribution in [1.29, 1.82) is 0 Å². The summed E-state index contributed by atoms with van der Waals surface area (Å²) in [5.74, 6) is -4.86. The summed E-state index contributed by atoms with van der Waals surface area (Å²) >= 11 is 5.79. The van der Waals surface area contributed by atoms with E-state index >= 15 is 0 Å². The summed E-state index contributed by atoms with van der Waals surface area (Å²) in [5.41, 5.74) is -2.54. The maximum absolute atomic E-state index is 13.5. The molecule has 1 fully saturated rings. The van der Waals surface area contributed by atoms with Crippen molar-refractivity contribution in [3.8, 4) is 0 Å². The van der Waals surface area contributed by atoms with Gasteiger partial charge in [0.15, 0.2) is 5.41 Å². The van der Waals surface area contributed by atoms with Crippen molar-refractivity contribution < 1.29 is 18.7 Å². The molecule has 1 N–H and O–H groups in total. The van der Waals surface area contributed by atoms with Gasteiger partial charge in [-0.05, 0) is 0 Å². The largest absolute Gasteiger partial charge is 0.480 e. The molecule has 0 saturated heterocycles. The van der Waals surface area contributed by atoms with E-state index in [2.05, 4.69) is 9.97 Å². The molecule has 2 rings (SSSR count). The number of alkyl halides is 2. The van der Waals surface area contributed by atoms with E-state index < -0.39 is 23.7 Å². The fourth-order valence-electron chi connectivity index (χ4n) is 1.96. The lowest BCUT2D eigenvalue weighted by Gasteiger charge is -2.20. The summed E-state index contributed by atoms with van der Waals surface area (Å²) in [4.78, 5) is 20.1. The molecule has 0 amide bonds. The van der Waals surface area contributed by atoms with Crippen LogP contribution in [0.2, 0.25) is 5.15 Å². The Kier molecular flexibility index (Phi) is 2.69. The molecule has 1 saturated carbocycles. The first-order valence-corrected chi connectivity index (χ1v) is 5.41. The molecule has 5 nitrogen and oxygen atoms in total. The minimum atomic E-state index is -3.34. The molecule has 8 heteroatoms. The first kappa shape index (κ1) is 12.9. The van der Waals surface area contributed by atoms with Crippen LogP contribution in [-0.4, -0.2) is 41.1 Å². The number of halogens is 3. The van der Waals surface area contributed by atoms with Crippen molar-refractivity contribution in [1.82, 2.24) is 9.97 Å². The van der Waals surface area contributed by atoms with Gasteiger partial charge in [-0.2, -0.15) is 0 Å². The van der Waals surface area contributed by atoms with Crippen LogP contribution in [0.15, 0.2) is 6.33 Å². The molecule has 1 unspecified atom stereocenters. The smallest absolute Gasteiger partial charge is 0.320 e. The van der Waals surface area contributed by atoms with Crippen LogP contribution >= 0.6 is 11.6 Å². The summed E-state index contributed by atoms with van der Waals surface area (Å²) in [6, 6.07) is 0. The lowest BCUT2D eigenvalue weighted by Crippen LogP contribution is -2.30. The number of anilines is 1. The number of carboxylic acid groups (broad SMARTS) is 1. The standard InChI is InChI=1S/C10H10ClF2N3O2/c1-16(2)7-5(6(11)14-4-15-7)9(8(17)18)3-10(9,12)13/h4H,3H2,1-2H3,(H,17,18). The van der Waals surface area contributed by atoms with Crippen LogP contribution in [0.4, 0.5) is 14.6 Å². The van der Waals surface area contributed by atoms with Gasteiger partial charge in [0.2, 0.25) is 0 Å². The van der Waals surface area contributed by atoms with E-state index in [1.54, 1.807) is 14.1 Å². The van der Waals surface area contributed by atoms with Crippen LogP contribution < -0.4 is 4.90 Å². The third-order valence-electron chi connectivity index (χ3n) is 2.98. The fourth-order valence-corrected chi connectivity index (χ4v) is 2.25. The Morgan fingerprint density at radius 3 is 2.44 bits per heavy atom. The highest BCUT2D eigenvalue weighted by Gasteiger charge is 2.79. The van der Waals surface area contributed by atoms with Crippen molar-refractivity contribution in [3.05, 3.63) is 17.0 Å². The fraction of sp³-hybridized carbons (Fsp3) is 0.500. The lowest BCUT2D eigenvalue weighted by atomic mass is 9.97. The third-order valence-corrected chi connectivity index (χ3v) is 3.27. The highest BCUT2D eigenvalue weighted by molar-refractivity contribution is 6.31. The number of nitrogens with zero attached hydrogens (tertiary/aromatic N) is 3. The second kappa shape index (κ2) is 3.74. The zero-order valence-electron chi connectivity index (χ0n) is 9.62. The van der Waals surface area contributed by atoms with Gasteiger partial charge in [0, 0.05) is 20.5 Å². The Labute approximate surface area is 106 Å². The van der Waals surface area contributed by atoms with Gasteiger partial charge in [0.25, 0.3) is 5.92 Å². The van der Waals surface area contributed by atoms with Gasteiger partial charge >= 0.3 is 5.97 Å². The zero-order valence-corrected chi connectivity index (χ0v) is 10.4. The molecule has 1 aromatic heterocycles. The van der Waals surface area contributed by atoms with E-state index in [0.717, 1.165) is 6.33 Å². The Bertz CT molecular complexity index is 524. The van der Waals surface area contributed by atoms with Gasteiger partial charge < -0.3 is 10.0 Å². The lowest BCUT2D eigenvalue weighted by molar-refractivity contribution is -0.142. The topological polar surface area (TPSA) is 66.3 Å². The molecule has 1 aromatic rings. The number of carboxylic acids is 1. The van der Waals surface area contributed by atoms with Gasteiger partial charge in [-0.1, -0.05) is 11.6 Å². The van der Waals surface area contributed by atoms with Crippen molar-refractivity contribution in [2.45, 2.75) is 17.8 Å². The highest BCUT2D eigenvalue weighted by atomic mass is 35.5. The minimum absolute atomic E-state index is 0.0922. The average Bonchev–Trinajstić information content (AvgIpc) is 2.82. The molecular weight excluding hydrogens is 268 g/mol. The van der Waals surface area contributed by atoms with Gasteiger partial charge in [-0.3, -0.25) is 4.79 Å². The third kappa shape index (κ3) is 1.53. The van der Waals surface area contributed by atoms with E-state index in [1.807, 2.05) is 0 Å². The Morgan fingerprint density at radius 1 is 1.50 bits per heavy atom. The van der Waals surface area contributed by atoms with E-state index in [4.69, 9.17) is 16.7 Å². The molecule has 0 radical (unpaired) electrons. The van der Waals surface area contributed by atoms with E-state index in [-0.39, 0.29) is 16.5 Å². The quantitative estimate of drug-likeness (QED) is 0.849. The highest BCUT2D eigenvalue weighted by Crippen LogP contribution is 2.64. The molecule has 1 heterocycles. The van der Waals surface area contributed by atoms with Crippen molar-refractivity contribution in [2.75, 3.05) is 19.0 Å². The number of rotatable bonds is 3. The SMILES string of the molecule is CN(C)c1ncnc(Cl)c1C1(C(=O)O)CC1(F)F.